The molecular formula is C12H22N4O. The molecule has 0 saturated heterocycles. The van der Waals surface area contributed by atoms with Crippen molar-refractivity contribution in [1.82, 2.24) is 9.97 Å². The maximum atomic E-state index is 11.5. The number of aryl methyl sites for hydroxylation is 1. The Hall–Kier alpha value is -1.36. The Kier molecular flexibility index (Phi) is 5.69. The fourth-order valence-electron chi connectivity index (χ4n) is 1.67. The van der Waals surface area contributed by atoms with E-state index in [1.54, 1.807) is 6.07 Å². The van der Waals surface area contributed by atoms with Gasteiger partial charge in [0.15, 0.2) is 0 Å². The second kappa shape index (κ2) is 7.06. The van der Waals surface area contributed by atoms with Crippen LogP contribution in [0.2, 0.25) is 0 Å². The van der Waals surface area contributed by atoms with E-state index in [2.05, 4.69) is 21.8 Å². The lowest BCUT2D eigenvalue weighted by Gasteiger charge is -2.22. The third kappa shape index (κ3) is 4.19. The Morgan fingerprint density at radius 2 is 2.18 bits per heavy atom. The Morgan fingerprint density at radius 3 is 2.76 bits per heavy atom. The lowest BCUT2D eigenvalue weighted by atomic mass is 10.3. The minimum atomic E-state index is -0.0923. The van der Waals surface area contributed by atoms with Gasteiger partial charge >= 0.3 is 0 Å². The first-order valence-electron chi connectivity index (χ1n) is 6.26. The SMILES string of the molecule is CCCCN(CCN)c1cc(=O)[nH]c(CC)n1. The van der Waals surface area contributed by atoms with Gasteiger partial charge in [-0.3, -0.25) is 4.79 Å². The van der Waals surface area contributed by atoms with Crippen LogP contribution in [0.3, 0.4) is 0 Å². The first-order valence-corrected chi connectivity index (χ1v) is 6.26. The molecule has 1 aromatic rings. The Balaban J connectivity index is 2.91. The summed E-state index contributed by atoms with van der Waals surface area (Å²) >= 11 is 0. The summed E-state index contributed by atoms with van der Waals surface area (Å²) in [4.78, 5) is 20.7. The highest BCUT2D eigenvalue weighted by atomic mass is 16.1. The van der Waals surface area contributed by atoms with Crippen LogP contribution in [0.5, 0.6) is 0 Å². The summed E-state index contributed by atoms with van der Waals surface area (Å²) in [6.07, 6.45) is 2.92. The summed E-state index contributed by atoms with van der Waals surface area (Å²) in [5.41, 5.74) is 5.50. The fraction of sp³-hybridized carbons (Fsp3) is 0.667. The number of hydrogen-bond donors (Lipinski definition) is 2. The molecule has 1 heterocycles. The van der Waals surface area contributed by atoms with Gasteiger partial charge in [0.05, 0.1) is 0 Å². The van der Waals surface area contributed by atoms with Crippen LogP contribution in [0.15, 0.2) is 10.9 Å². The molecule has 0 aliphatic rings. The highest BCUT2D eigenvalue weighted by molar-refractivity contribution is 5.37. The van der Waals surface area contributed by atoms with Crippen molar-refractivity contribution in [3.63, 3.8) is 0 Å². The third-order valence-electron chi connectivity index (χ3n) is 2.62. The van der Waals surface area contributed by atoms with Crippen molar-refractivity contribution in [1.29, 1.82) is 0 Å². The molecule has 0 saturated carbocycles. The molecule has 0 amide bonds. The Labute approximate surface area is 102 Å². The highest BCUT2D eigenvalue weighted by Gasteiger charge is 2.08. The second-order valence-corrected chi connectivity index (χ2v) is 4.03. The van der Waals surface area contributed by atoms with E-state index in [4.69, 9.17) is 5.73 Å². The number of H-pyrrole nitrogens is 1. The van der Waals surface area contributed by atoms with Gasteiger partial charge in [0.25, 0.3) is 5.56 Å². The van der Waals surface area contributed by atoms with E-state index >= 15 is 0 Å². The van der Waals surface area contributed by atoms with Gasteiger partial charge in [0, 0.05) is 32.1 Å². The number of nitrogens with zero attached hydrogens (tertiary/aromatic N) is 2. The summed E-state index contributed by atoms with van der Waals surface area (Å²) in [5.74, 6) is 1.47. The van der Waals surface area contributed by atoms with Crippen molar-refractivity contribution in [2.24, 2.45) is 5.73 Å². The van der Waals surface area contributed by atoms with Crippen LogP contribution in [-0.4, -0.2) is 29.6 Å². The average Bonchev–Trinajstić information content (AvgIpc) is 2.33. The lowest BCUT2D eigenvalue weighted by Crippen LogP contribution is -2.32. The minimum Gasteiger partial charge on any atom is -0.355 e. The lowest BCUT2D eigenvalue weighted by molar-refractivity contribution is 0.702. The third-order valence-corrected chi connectivity index (χ3v) is 2.62. The second-order valence-electron chi connectivity index (χ2n) is 4.03. The zero-order valence-corrected chi connectivity index (χ0v) is 10.7. The quantitative estimate of drug-likeness (QED) is 0.740. The van der Waals surface area contributed by atoms with Crippen LogP contribution >= 0.6 is 0 Å². The number of aromatic amines is 1. The minimum absolute atomic E-state index is 0.0923. The molecular weight excluding hydrogens is 216 g/mol. The summed E-state index contributed by atoms with van der Waals surface area (Å²) in [5, 5.41) is 0. The topological polar surface area (TPSA) is 75.0 Å². The molecule has 0 bridgehead atoms. The monoisotopic (exact) mass is 238 g/mol. The molecule has 5 heteroatoms. The predicted molar refractivity (Wildman–Crippen MR) is 70.4 cm³/mol. The number of nitrogens with two attached hydrogens (primary N) is 1. The van der Waals surface area contributed by atoms with E-state index < -0.39 is 0 Å². The van der Waals surface area contributed by atoms with E-state index in [0.29, 0.717) is 6.54 Å². The van der Waals surface area contributed by atoms with Gasteiger partial charge in [-0.25, -0.2) is 4.98 Å². The maximum absolute atomic E-state index is 11.5. The summed E-state index contributed by atoms with van der Waals surface area (Å²) < 4.78 is 0. The Bertz CT molecular complexity index is 388. The van der Waals surface area contributed by atoms with E-state index in [9.17, 15) is 4.79 Å². The van der Waals surface area contributed by atoms with E-state index in [1.165, 1.54) is 0 Å². The van der Waals surface area contributed by atoms with Gasteiger partial charge in [0.1, 0.15) is 11.6 Å². The molecule has 1 rings (SSSR count). The zero-order valence-electron chi connectivity index (χ0n) is 10.7. The molecule has 0 spiro atoms. The molecule has 0 fully saturated rings. The van der Waals surface area contributed by atoms with E-state index in [1.807, 2.05) is 6.92 Å². The molecule has 3 N–H and O–H groups in total. The van der Waals surface area contributed by atoms with Gasteiger partial charge in [-0.05, 0) is 6.42 Å². The molecule has 0 unspecified atom stereocenters. The van der Waals surface area contributed by atoms with Gasteiger partial charge in [-0.1, -0.05) is 20.3 Å². The molecule has 0 aromatic carbocycles. The standard InChI is InChI=1S/C12H22N4O/c1-3-5-7-16(8-6-13)11-9-12(17)15-10(4-2)14-11/h9H,3-8,13H2,1-2H3,(H,14,15,17). The maximum Gasteiger partial charge on any atom is 0.252 e. The number of anilines is 1. The largest absolute Gasteiger partial charge is 0.355 e. The van der Waals surface area contributed by atoms with Crippen LogP contribution in [0.25, 0.3) is 0 Å². The first kappa shape index (κ1) is 13.7. The average molecular weight is 238 g/mol. The van der Waals surface area contributed by atoms with Crippen molar-refractivity contribution in [2.45, 2.75) is 33.1 Å². The smallest absolute Gasteiger partial charge is 0.252 e. The van der Waals surface area contributed by atoms with Gasteiger partial charge < -0.3 is 15.6 Å². The van der Waals surface area contributed by atoms with Gasteiger partial charge in [0.2, 0.25) is 0 Å². The molecule has 96 valence electrons. The van der Waals surface area contributed by atoms with Gasteiger partial charge in [-0.15, -0.1) is 0 Å². The molecule has 0 aliphatic carbocycles. The van der Waals surface area contributed by atoms with Crippen molar-refractivity contribution in [3.8, 4) is 0 Å². The van der Waals surface area contributed by atoms with Crippen molar-refractivity contribution < 1.29 is 0 Å². The van der Waals surface area contributed by atoms with Crippen molar-refractivity contribution >= 4 is 5.82 Å². The summed E-state index contributed by atoms with van der Waals surface area (Å²) in [6.45, 7) is 6.32. The molecule has 0 radical (unpaired) electrons. The Morgan fingerprint density at radius 1 is 1.41 bits per heavy atom. The van der Waals surface area contributed by atoms with E-state index in [-0.39, 0.29) is 5.56 Å². The normalized spacial score (nSPS) is 10.5. The molecule has 1 aromatic heterocycles. The van der Waals surface area contributed by atoms with Crippen LogP contribution in [0.4, 0.5) is 5.82 Å². The number of unbranched alkanes of at least 4 members (excludes halogenated alkanes) is 1. The number of rotatable bonds is 7. The molecule has 5 nitrogen and oxygen atoms in total. The number of aromatic nitrogens is 2. The van der Waals surface area contributed by atoms with Gasteiger partial charge in [-0.2, -0.15) is 0 Å². The number of hydrogen-bond acceptors (Lipinski definition) is 4. The summed E-state index contributed by atoms with van der Waals surface area (Å²) in [6, 6.07) is 1.55. The van der Waals surface area contributed by atoms with Crippen LogP contribution < -0.4 is 16.2 Å². The van der Waals surface area contributed by atoms with Crippen LogP contribution in [-0.2, 0) is 6.42 Å². The highest BCUT2D eigenvalue weighted by Crippen LogP contribution is 2.09. The molecule has 0 aliphatic heterocycles. The molecule has 17 heavy (non-hydrogen) atoms. The van der Waals surface area contributed by atoms with Crippen molar-refractivity contribution in [3.05, 3.63) is 22.2 Å². The molecule has 0 atom stereocenters. The van der Waals surface area contributed by atoms with Crippen molar-refractivity contribution in [2.75, 3.05) is 24.5 Å². The van der Waals surface area contributed by atoms with Crippen LogP contribution in [0, 0.1) is 0 Å². The number of nitrogens with one attached hydrogen (secondary N) is 1. The predicted octanol–water partition coefficient (Wildman–Crippen LogP) is 0.897. The first-order chi connectivity index (χ1) is 8.21. The fourth-order valence-corrected chi connectivity index (χ4v) is 1.67. The summed E-state index contributed by atoms with van der Waals surface area (Å²) in [7, 11) is 0. The van der Waals surface area contributed by atoms with Crippen LogP contribution in [0.1, 0.15) is 32.5 Å². The zero-order chi connectivity index (χ0) is 12.7. The van der Waals surface area contributed by atoms with E-state index in [0.717, 1.165) is 44.0 Å².